The van der Waals surface area contributed by atoms with Gasteiger partial charge in [0.05, 0.1) is 6.04 Å². The van der Waals surface area contributed by atoms with Crippen LogP contribution in [0.4, 0.5) is 22.4 Å². The molecule has 0 spiro atoms. The maximum Gasteiger partial charge on any atom is 1.00 e. The number of ketones is 1. The van der Waals surface area contributed by atoms with Gasteiger partial charge >= 0.3 is 42.0 Å². The summed E-state index contributed by atoms with van der Waals surface area (Å²) < 4.78 is 56.1. The van der Waals surface area contributed by atoms with Crippen LogP contribution in [-0.2, 0) is 14.4 Å². The van der Waals surface area contributed by atoms with Crippen molar-refractivity contribution in [1.82, 2.24) is 15.5 Å². The van der Waals surface area contributed by atoms with Gasteiger partial charge in [-0.15, -0.1) is 13.2 Å². The first kappa shape index (κ1) is 30.8. The van der Waals surface area contributed by atoms with Crippen LogP contribution in [0.25, 0.3) is 11.1 Å². The zero-order valence-corrected chi connectivity index (χ0v) is 22.4. The molecule has 0 saturated carbocycles. The molecule has 0 radical (unpaired) electrons. The van der Waals surface area contributed by atoms with Gasteiger partial charge in [-0.05, 0) is 53.9 Å². The first-order valence-corrected chi connectivity index (χ1v) is 10.7. The summed E-state index contributed by atoms with van der Waals surface area (Å²) in [5.41, 5.74) is 0.474. The Morgan fingerprint density at radius 1 is 1.13 bits per heavy atom. The van der Waals surface area contributed by atoms with Crippen LogP contribution in [0.1, 0.15) is 24.9 Å². The second kappa shape index (κ2) is 12.4. The van der Waals surface area contributed by atoms with Gasteiger partial charge < -0.3 is 30.2 Å². The number of hydrogen-bond acceptors (Lipinski definition) is 6. The van der Waals surface area contributed by atoms with Gasteiger partial charge in [-0.2, -0.15) is 0 Å². The molecule has 0 saturated heterocycles. The number of carbonyl (C=O) groups excluding carboxylic acids is 4. The number of halogens is 4. The zero-order chi connectivity index (χ0) is 27.5. The van der Waals surface area contributed by atoms with E-state index in [0.29, 0.717) is 5.70 Å². The van der Waals surface area contributed by atoms with Gasteiger partial charge in [0.15, 0.2) is 11.8 Å². The number of carbonyl (C=O) groups is 4. The van der Waals surface area contributed by atoms with E-state index in [1.54, 1.807) is 0 Å². The molecule has 0 bridgehead atoms. The van der Waals surface area contributed by atoms with Crippen molar-refractivity contribution in [2.45, 2.75) is 31.8 Å². The summed E-state index contributed by atoms with van der Waals surface area (Å²) in [6.45, 7) is 1.52. The van der Waals surface area contributed by atoms with E-state index < -0.39 is 60.1 Å². The first-order valence-electron chi connectivity index (χ1n) is 10.7. The van der Waals surface area contributed by atoms with E-state index in [1.807, 2.05) is 0 Å². The van der Waals surface area contributed by atoms with Gasteiger partial charge in [0.2, 0.25) is 0 Å². The summed E-state index contributed by atoms with van der Waals surface area (Å²) in [6.07, 6.45) is -4.62. The summed E-state index contributed by atoms with van der Waals surface area (Å²) in [7, 11) is 1.40. The summed E-state index contributed by atoms with van der Waals surface area (Å²) in [4.78, 5) is 49.6. The fraction of sp³-hybridized carbons (Fsp3) is 0.250. The maximum absolute atomic E-state index is 14.5. The Hall–Kier alpha value is -3.42. The molecule has 1 aliphatic heterocycles. The summed E-state index contributed by atoms with van der Waals surface area (Å²) >= 11 is 0. The van der Waals surface area contributed by atoms with Gasteiger partial charge in [-0.3, -0.25) is 9.59 Å². The van der Waals surface area contributed by atoms with E-state index in [-0.39, 0.29) is 46.2 Å². The van der Waals surface area contributed by atoms with E-state index in [9.17, 15) is 41.8 Å². The number of carboxylic acid groups (broad SMARTS) is 1. The van der Waals surface area contributed by atoms with Crippen molar-refractivity contribution in [1.29, 1.82) is 0 Å². The Balaban J connectivity index is 0.00000507. The van der Waals surface area contributed by atoms with Crippen molar-refractivity contribution >= 4 is 23.7 Å². The van der Waals surface area contributed by atoms with E-state index in [0.717, 1.165) is 35.2 Å². The standard InChI is InChI=1S/C24H21F4N3O6.Na/c1-12-6-19(32)21(22(35)31(12)2)30-23(36)29-18(11-20(33)34)15-7-14(8-16(25)9-15)13-4-3-5-17(10-13)37-24(26,27)28;/h3-10,18,21H,11H2,1-2H3,(H,33,34)(H2,29,30,36);/q;+1/p-1/t18-,21?;/m0./s1. The van der Waals surface area contributed by atoms with Gasteiger partial charge in [-0.25, -0.2) is 9.18 Å². The van der Waals surface area contributed by atoms with Crippen LogP contribution in [0.2, 0.25) is 0 Å². The summed E-state index contributed by atoms with van der Waals surface area (Å²) in [5.74, 6) is -4.46. The van der Waals surface area contributed by atoms with Crippen LogP contribution in [0.15, 0.2) is 54.2 Å². The number of ether oxygens (including phenoxy) is 1. The fourth-order valence-electron chi connectivity index (χ4n) is 3.61. The molecular weight excluding hydrogens is 525 g/mol. The molecule has 2 atom stereocenters. The molecule has 1 heterocycles. The van der Waals surface area contributed by atoms with E-state index in [1.165, 1.54) is 32.2 Å². The molecule has 1 aliphatic rings. The minimum atomic E-state index is -4.95. The van der Waals surface area contributed by atoms with Crippen molar-refractivity contribution in [2.75, 3.05) is 7.05 Å². The SMILES string of the molecule is CC1=CC(=O)C(NC(=O)N[C@@H](CC(=O)[O-])c2cc(F)cc(-c3cccc(OC(F)(F)F)c3)c2)C(=O)N1C.[Na+]. The quantitative estimate of drug-likeness (QED) is 0.266. The number of aliphatic carboxylic acids is 1. The number of allylic oxidation sites excluding steroid dienone is 1. The summed E-state index contributed by atoms with van der Waals surface area (Å²) in [6, 6.07) is 3.82. The molecule has 1 unspecified atom stereocenters. The van der Waals surface area contributed by atoms with Crippen molar-refractivity contribution in [2.24, 2.45) is 0 Å². The van der Waals surface area contributed by atoms with Gasteiger partial charge in [0.1, 0.15) is 11.6 Å². The predicted octanol–water partition coefficient (Wildman–Crippen LogP) is -0.811. The number of benzene rings is 2. The normalized spacial score (nSPS) is 16.2. The number of hydrogen-bond donors (Lipinski definition) is 2. The number of urea groups is 1. The molecule has 0 aromatic heterocycles. The van der Waals surface area contributed by atoms with E-state index in [4.69, 9.17) is 0 Å². The van der Waals surface area contributed by atoms with E-state index in [2.05, 4.69) is 15.4 Å². The minimum Gasteiger partial charge on any atom is -0.550 e. The number of amides is 3. The van der Waals surface area contributed by atoms with Crippen molar-refractivity contribution in [3.05, 3.63) is 65.6 Å². The minimum absolute atomic E-state index is 0. The molecule has 14 heteroatoms. The Bertz CT molecular complexity index is 1280. The first-order chi connectivity index (χ1) is 17.2. The average molecular weight is 545 g/mol. The van der Waals surface area contributed by atoms with Gasteiger partial charge in [0.25, 0.3) is 5.91 Å². The van der Waals surface area contributed by atoms with Crippen LogP contribution < -0.4 is 50.0 Å². The topological polar surface area (TPSA) is 128 Å². The van der Waals surface area contributed by atoms with Gasteiger partial charge in [0, 0.05) is 31.2 Å². The number of nitrogens with zero attached hydrogens (tertiary/aromatic N) is 1. The number of alkyl halides is 3. The number of likely N-dealkylation sites (N-methyl/N-ethyl adjacent to an activating group) is 1. The molecule has 0 aliphatic carbocycles. The molecular formula is C24H20F4N3NaO6. The maximum atomic E-state index is 14.5. The van der Waals surface area contributed by atoms with Crippen LogP contribution in [-0.4, -0.2) is 48.0 Å². The number of nitrogens with one attached hydrogen (secondary N) is 2. The molecule has 2 aromatic carbocycles. The third-order valence-corrected chi connectivity index (χ3v) is 5.42. The average Bonchev–Trinajstić information content (AvgIpc) is 2.78. The molecule has 9 nitrogen and oxygen atoms in total. The second-order valence-electron chi connectivity index (χ2n) is 8.11. The predicted molar refractivity (Wildman–Crippen MR) is 118 cm³/mol. The molecule has 0 fully saturated rings. The monoisotopic (exact) mass is 545 g/mol. The Kier molecular flexibility index (Phi) is 10.1. The number of carboxylic acids is 1. The van der Waals surface area contributed by atoms with Crippen molar-refractivity contribution in [3.63, 3.8) is 0 Å². The third kappa shape index (κ3) is 8.04. The van der Waals surface area contributed by atoms with Crippen molar-refractivity contribution < 1.29 is 76.1 Å². The summed E-state index contributed by atoms with van der Waals surface area (Å²) in [5, 5.41) is 15.8. The number of rotatable bonds is 7. The van der Waals surface area contributed by atoms with Crippen LogP contribution in [0, 0.1) is 5.82 Å². The van der Waals surface area contributed by atoms with Crippen LogP contribution >= 0.6 is 0 Å². The molecule has 2 aromatic rings. The van der Waals surface area contributed by atoms with Crippen LogP contribution in [0.3, 0.4) is 0 Å². The molecule has 3 amide bonds. The molecule has 38 heavy (non-hydrogen) atoms. The van der Waals surface area contributed by atoms with Crippen molar-refractivity contribution in [3.8, 4) is 16.9 Å². The zero-order valence-electron chi connectivity index (χ0n) is 20.4. The smallest absolute Gasteiger partial charge is 0.550 e. The van der Waals surface area contributed by atoms with Crippen LogP contribution in [0.5, 0.6) is 5.75 Å². The molecule has 3 rings (SSSR count). The largest absolute Gasteiger partial charge is 1.00 e. The van der Waals surface area contributed by atoms with Gasteiger partial charge in [-0.1, -0.05) is 12.1 Å². The molecule has 2 N–H and O–H groups in total. The van der Waals surface area contributed by atoms with E-state index >= 15 is 0 Å². The second-order valence-corrected chi connectivity index (χ2v) is 8.11. The third-order valence-electron chi connectivity index (χ3n) is 5.42. The fourth-order valence-corrected chi connectivity index (χ4v) is 3.61. The Morgan fingerprint density at radius 2 is 1.82 bits per heavy atom. The molecule has 196 valence electrons. The Morgan fingerprint density at radius 3 is 2.45 bits per heavy atom. The Labute approximate surface area is 236 Å².